The number of aliphatic hydroxyl groups is 1. The van der Waals surface area contributed by atoms with Crippen molar-refractivity contribution in [2.75, 3.05) is 26.2 Å². The second-order valence-corrected chi connectivity index (χ2v) is 4.22. The molecule has 2 fully saturated rings. The molecule has 0 atom stereocenters. The van der Waals surface area contributed by atoms with Gasteiger partial charge in [0.1, 0.15) is 0 Å². The molecule has 0 aromatic rings. The molecule has 2 N–H and O–H groups in total. The summed E-state index contributed by atoms with van der Waals surface area (Å²) in [4.78, 5) is 2.62. The molecule has 0 aromatic heterocycles. The molecule has 0 spiro atoms. The van der Waals surface area contributed by atoms with Crippen molar-refractivity contribution in [1.29, 1.82) is 0 Å². The molecule has 1 saturated carbocycles. The van der Waals surface area contributed by atoms with E-state index in [1.165, 1.54) is 38.8 Å². The number of piperidine rings is 1. The van der Waals surface area contributed by atoms with Gasteiger partial charge in [0, 0.05) is 18.6 Å². The van der Waals surface area contributed by atoms with E-state index in [0.717, 1.165) is 12.6 Å². The van der Waals surface area contributed by atoms with E-state index >= 15 is 0 Å². The Morgan fingerprint density at radius 3 is 2.38 bits per heavy atom. The molecular formula is C10H20N2O. The lowest BCUT2D eigenvalue weighted by Crippen LogP contribution is -2.43. The molecule has 0 unspecified atom stereocenters. The number of likely N-dealkylation sites (tertiary alicyclic amines) is 1. The van der Waals surface area contributed by atoms with Crippen molar-refractivity contribution in [2.24, 2.45) is 0 Å². The molecule has 3 heteroatoms. The maximum Gasteiger partial charge on any atom is 0.0556 e. The molecule has 0 aromatic carbocycles. The van der Waals surface area contributed by atoms with Crippen LogP contribution in [-0.2, 0) is 0 Å². The van der Waals surface area contributed by atoms with Crippen LogP contribution in [0.25, 0.3) is 0 Å². The molecule has 13 heavy (non-hydrogen) atoms. The summed E-state index contributed by atoms with van der Waals surface area (Å²) in [5.41, 5.74) is 0. The van der Waals surface area contributed by atoms with Crippen molar-refractivity contribution < 1.29 is 5.11 Å². The molecule has 0 bridgehead atoms. The van der Waals surface area contributed by atoms with E-state index in [9.17, 15) is 0 Å². The molecule has 1 saturated heterocycles. The van der Waals surface area contributed by atoms with Gasteiger partial charge in [0.25, 0.3) is 0 Å². The summed E-state index contributed by atoms with van der Waals surface area (Å²) in [7, 11) is 0. The van der Waals surface area contributed by atoms with Crippen LogP contribution in [0.15, 0.2) is 0 Å². The number of rotatable bonds is 4. The zero-order valence-electron chi connectivity index (χ0n) is 8.21. The Bertz CT molecular complexity index is 151. The van der Waals surface area contributed by atoms with E-state index in [2.05, 4.69) is 10.2 Å². The van der Waals surface area contributed by atoms with E-state index in [1.54, 1.807) is 0 Å². The van der Waals surface area contributed by atoms with Gasteiger partial charge < -0.3 is 15.3 Å². The third kappa shape index (κ3) is 2.66. The maximum atomic E-state index is 8.67. The lowest BCUT2D eigenvalue weighted by molar-refractivity contribution is 0.183. The Kier molecular flexibility index (Phi) is 3.19. The summed E-state index contributed by atoms with van der Waals surface area (Å²) >= 11 is 0. The summed E-state index contributed by atoms with van der Waals surface area (Å²) in [5, 5.41) is 12.0. The van der Waals surface area contributed by atoms with Crippen LogP contribution >= 0.6 is 0 Å². The predicted molar refractivity (Wildman–Crippen MR) is 52.7 cm³/mol. The van der Waals surface area contributed by atoms with Gasteiger partial charge in [-0.2, -0.15) is 0 Å². The molecule has 76 valence electrons. The summed E-state index contributed by atoms with van der Waals surface area (Å²) < 4.78 is 0. The Labute approximate surface area is 80.1 Å². The summed E-state index contributed by atoms with van der Waals surface area (Å²) in [6.07, 6.45) is 5.37. The Hall–Kier alpha value is -0.120. The predicted octanol–water partition coefficient (Wildman–Crippen LogP) is 0.195. The number of nitrogens with zero attached hydrogens (tertiary/aromatic N) is 1. The molecule has 2 aliphatic rings. The van der Waals surface area contributed by atoms with Crippen molar-refractivity contribution >= 4 is 0 Å². The minimum absolute atomic E-state index is 0.267. The number of aliphatic hydroxyl groups excluding tert-OH is 1. The average Bonchev–Trinajstić information content (AvgIpc) is 2.99. The van der Waals surface area contributed by atoms with Gasteiger partial charge in [-0.05, 0) is 38.8 Å². The highest BCUT2D eigenvalue weighted by atomic mass is 16.3. The molecule has 0 amide bonds. The van der Waals surface area contributed by atoms with Gasteiger partial charge in [0.15, 0.2) is 0 Å². The van der Waals surface area contributed by atoms with Gasteiger partial charge in [-0.1, -0.05) is 0 Å². The number of hydrogen-bond donors (Lipinski definition) is 2. The van der Waals surface area contributed by atoms with Crippen LogP contribution < -0.4 is 5.32 Å². The zero-order valence-corrected chi connectivity index (χ0v) is 8.21. The topological polar surface area (TPSA) is 35.5 Å². The number of nitrogens with one attached hydrogen (secondary N) is 1. The minimum Gasteiger partial charge on any atom is -0.395 e. The van der Waals surface area contributed by atoms with E-state index in [4.69, 9.17) is 5.11 Å². The van der Waals surface area contributed by atoms with Gasteiger partial charge in [-0.25, -0.2) is 0 Å². The van der Waals surface area contributed by atoms with Crippen molar-refractivity contribution in [3.8, 4) is 0 Å². The van der Waals surface area contributed by atoms with E-state index in [-0.39, 0.29) is 6.61 Å². The van der Waals surface area contributed by atoms with Gasteiger partial charge in [-0.3, -0.25) is 0 Å². The molecule has 1 aliphatic heterocycles. The second kappa shape index (κ2) is 4.40. The third-order valence-electron chi connectivity index (χ3n) is 3.14. The standard InChI is InChI=1S/C10H20N2O/c13-8-5-11-9-3-6-12(7-4-9)10-1-2-10/h9-11,13H,1-8H2. The van der Waals surface area contributed by atoms with E-state index < -0.39 is 0 Å². The smallest absolute Gasteiger partial charge is 0.0556 e. The second-order valence-electron chi connectivity index (χ2n) is 4.22. The first kappa shape index (κ1) is 9.44. The van der Waals surface area contributed by atoms with Gasteiger partial charge in [0.2, 0.25) is 0 Å². The van der Waals surface area contributed by atoms with E-state index in [0.29, 0.717) is 6.04 Å². The highest BCUT2D eigenvalue weighted by molar-refractivity contribution is 4.88. The monoisotopic (exact) mass is 184 g/mol. The quantitative estimate of drug-likeness (QED) is 0.655. The SMILES string of the molecule is OCCNC1CCN(C2CC2)CC1. The fourth-order valence-electron chi connectivity index (χ4n) is 2.18. The Morgan fingerprint density at radius 1 is 1.15 bits per heavy atom. The van der Waals surface area contributed by atoms with Crippen LogP contribution in [0.4, 0.5) is 0 Å². The van der Waals surface area contributed by atoms with Crippen LogP contribution in [0.2, 0.25) is 0 Å². The van der Waals surface area contributed by atoms with Crippen molar-refractivity contribution in [3.05, 3.63) is 0 Å². The minimum atomic E-state index is 0.267. The molecule has 1 heterocycles. The Balaban J connectivity index is 1.63. The van der Waals surface area contributed by atoms with Gasteiger partial charge in [0.05, 0.1) is 6.61 Å². The van der Waals surface area contributed by atoms with Crippen molar-refractivity contribution in [3.63, 3.8) is 0 Å². The molecule has 2 rings (SSSR count). The fourth-order valence-corrected chi connectivity index (χ4v) is 2.18. The normalized spacial score (nSPS) is 26.5. The molecule has 0 radical (unpaired) electrons. The lowest BCUT2D eigenvalue weighted by Gasteiger charge is -2.32. The van der Waals surface area contributed by atoms with E-state index in [1.807, 2.05) is 0 Å². The van der Waals surface area contributed by atoms with Crippen molar-refractivity contribution in [2.45, 2.75) is 37.8 Å². The van der Waals surface area contributed by atoms with Crippen LogP contribution in [0.1, 0.15) is 25.7 Å². The lowest BCUT2D eigenvalue weighted by atomic mass is 10.1. The number of hydrogen-bond acceptors (Lipinski definition) is 3. The van der Waals surface area contributed by atoms with Gasteiger partial charge >= 0.3 is 0 Å². The fraction of sp³-hybridized carbons (Fsp3) is 1.00. The summed E-state index contributed by atoms with van der Waals surface area (Å²) in [5.74, 6) is 0. The summed E-state index contributed by atoms with van der Waals surface area (Å²) in [6.45, 7) is 3.54. The van der Waals surface area contributed by atoms with Crippen LogP contribution in [0.5, 0.6) is 0 Å². The first-order valence-electron chi connectivity index (χ1n) is 5.48. The van der Waals surface area contributed by atoms with Crippen LogP contribution in [0.3, 0.4) is 0 Å². The van der Waals surface area contributed by atoms with Crippen LogP contribution in [0, 0.1) is 0 Å². The highest BCUT2D eigenvalue weighted by Gasteiger charge is 2.31. The Morgan fingerprint density at radius 2 is 1.85 bits per heavy atom. The molecule has 3 nitrogen and oxygen atoms in total. The van der Waals surface area contributed by atoms with Crippen LogP contribution in [-0.4, -0.2) is 48.3 Å². The first-order chi connectivity index (χ1) is 6.40. The maximum absolute atomic E-state index is 8.67. The third-order valence-corrected chi connectivity index (χ3v) is 3.14. The summed E-state index contributed by atoms with van der Waals surface area (Å²) in [6, 6.07) is 1.58. The largest absolute Gasteiger partial charge is 0.395 e. The molecule has 1 aliphatic carbocycles. The molecular weight excluding hydrogens is 164 g/mol. The highest BCUT2D eigenvalue weighted by Crippen LogP contribution is 2.29. The zero-order chi connectivity index (χ0) is 9.10. The average molecular weight is 184 g/mol. The van der Waals surface area contributed by atoms with Gasteiger partial charge in [-0.15, -0.1) is 0 Å². The first-order valence-corrected chi connectivity index (χ1v) is 5.48. The van der Waals surface area contributed by atoms with Crippen molar-refractivity contribution in [1.82, 2.24) is 10.2 Å².